The minimum Gasteiger partial charge on any atom is -0.508 e. The number of methoxy groups -OCH3 is 1. The van der Waals surface area contributed by atoms with Gasteiger partial charge in [-0.1, -0.05) is 25.5 Å². The summed E-state index contributed by atoms with van der Waals surface area (Å²) >= 11 is 0. The molecule has 4 atom stereocenters. The summed E-state index contributed by atoms with van der Waals surface area (Å²) in [5.41, 5.74) is -0.486. The number of carbonyl (C=O) groups excluding carboxylic acids is 3. The van der Waals surface area contributed by atoms with E-state index in [1.165, 1.54) is 26.3 Å². The lowest BCUT2D eigenvalue weighted by molar-refractivity contribution is -0.154. The predicted molar refractivity (Wildman–Crippen MR) is 88.4 cm³/mol. The van der Waals surface area contributed by atoms with Crippen LogP contribution in [0.2, 0.25) is 0 Å². The molecule has 0 bridgehead atoms. The number of fused-ring (bicyclic) bond motifs is 1. The molecule has 2 aliphatic heterocycles. The first kappa shape index (κ1) is 17.4. The van der Waals surface area contributed by atoms with Crippen molar-refractivity contribution < 1.29 is 24.2 Å². The molecule has 1 aromatic carbocycles. The van der Waals surface area contributed by atoms with E-state index in [0.29, 0.717) is 12.8 Å². The number of nitrogens with zero attached hydrogens (tertiary/aromatic N) is 1. The van der Waals surface area contributed by atoms with E-state index in [1.807, 2.05) is 6.92 Å². The number of benzene rings is 1. The fraction of sp³-hybridized carbons (Fsp3) is 0.500. The van der Waals surface area contributed by atoms with Crippen molar-refractivity contribution >= 4 is 17.8 Å². The number of hydrogen-bond donors (Lipinski definition) is 2. The summed E-state index contributed by atoms with van der Waals surface area (Å²) in [4.78, 5) is 39.2. The van der Waals surface area contributed by atoms with Gasteiger partial charge in [-0.15, -0.1) is 0 Å². The summed E-state index contributed by atoms with van der Waals surface area (Å²) in [5.74, 6) is -2.55. The molecule has 0 spiro atoms. The van der Waals surface area contributed by atoms with Crippen LogP contribution in [0, 0.1) is 11.8 Å². The quantitative estimate of drug-likeness (QED) is 0.623. The van der Waals surface area contributed by atoms with Crippen LogP contribution in [0.5, 0.6) is 5.75 Å². The van der Waals surface area contributed by atoms with Gasteiger partial charge < -0.3 is 9.84 Å². The Balaban J connectivity index is 2.13. The largest absolute Gasteiger partial charge is 0.508 e. The fourth-order valence-electron chi connectivity index (χ4n) is 4.21. The predicted octanol–water partition coefficient (Wildman–Crippen LogP) is 0.979. The third-order valence-corrected chi connectivity index (χ3v) is 5.32. The van der Waals surface area contributed by atoms with Gasteiger partial charge in [0.05, 0.1) is 18.9 Å². The van der Waals surface area contributed by atoms with E-state index >= 15 is 0 Å². The summed E-state index contributed by atoms with van der Waals surface area (Å²) in [6.45, 7) is 1.92. The second kappa shape index (κ2) is 6.15. The minimum absolute atomic E-state index is 0.108. The lowest BCUT2D eigenvalue weighted by Crippen LogP contribution is -2.56. The van der Waals surface area contributed by atoms with Crippen molar-refractivity contribution in [3.8, 4) is 5.75 Å². The molecule has 2 fully saturated rings. The van der Waals surface area contributed by atoms with Gasteiger partial charge in [-0.2, -0.15) is 0 Å². The van der Waals surface area contributed by atoms with E-state index in [0.717, 1.165) is 10.5 Å². The van der Waals surface area contributed by atoms with Crippen LogP contribution < -0.4 is 5.32 Å². The fourth-order valence-corrected chi connectivity index (χ4v) is 4.21. The number of imide groups is 1. The average Bonchev–Trinajstić information content (AvgIpc) is 3.06. The number of carbonyl (C=O) groups is 3. The summed E-state index contributed by atoms with van der Waals surface area (Å²) in [6.07, 6.45) is 1.04. The van der Waals surface area contributed by atoms with Crippen molar-refractivity contribution in [2.45, 2.75) is 31.3 Å². The van der Waals surface area contributed by atoms with Gasteiger partial charge in [-0.25, -0.2) is 0 Å². The van der Waals surface area contributed by atoms with Crippen molar-refractivity contribution in [1.29, 1.82) is 0 Å². The van der Waals surface area contributed by atoms with Gasteiger partial charge in [0.15, 0.2) is 0 Å². The molecule has 2 aliphatic rings. The molecule has 0 saturated carbocycles. The molecule has 134 valence electrons. The van der Waals surface area contributed by atoms with E-state index in [-0.39, 0.29) is 17.6 Å². The molecule has 2 amide bonds. The third-order valence-electron chi connectivity index (χ3n) is 5.32. The molecule has 3 rings (SSSR count). The Hall–Kier alpha value is -2.41. The Morgan fingerprint density at radius 1 is 1.28 bits per heavy atom. The van der Waals surface area contributed by atoms with Crippen LogP contribution in [0.4, 0.5) is 0 Å². The lowest BCUT2D eigenvalue weighted by Gasteiger charge is -2.31. The van der Waals surface area contributed by atoms with E-state index in [9.17, 15) is 19.5 Å². The number of esters is 1. The summed E-state index contributed by atoms with van der Waals surface area (Å²) in [7, 11) is 2.74. The standard InChI is InChI=1S/C18H22N2O5/c1-4-9-18(17(24)25-3)13-12(15(22)20(2)16(13)23)14(19-18)10-5-7-11(21)8-6-10/h5-8,12-14,19,21H,4,9H2,1-3H3. The van der Waals surface area contributed by atoms with Gasteiger partial charge in [0.1, 0.15) is 11.3 Å². The van der Waals surface area contributed by atoms with Gasteiger partial charge in [-0.05, 0) is 24.1 Å². The molecule has 0 aliphatic carbocycles. The number of phenolic OH excluding ortho intramolecular Hbond substituents is 1. The highest BCUT2D eigenvalue weighted by molar-refractivity contribution is 6.09. The number of hydrogen-bond acceptors (Lipinski definition) is 6. The van der Waals surface area contributed by atoms with Gasteiger partial charge in [0.2, 0.25) is 11.8 Å². The number of aromatic hydroxyl groups is 1. The first-order valence-electron chi connectivity index (χ1n) is 8.33. The monoisotopic (exact) mass is 346 g/mol. The second-order valence-electron chi connectivity index (χ2n) is 6.67. The van der Waals surface area contributed by atoms with Gasteiger partial charge in [0.25, 0.3) is 0 Å². The third kappa shape index (κ3) is 2.41. The summed E-state index contributed by atoms with van der Waals surface area (Å²) in [5, 5.41) is 12.8. The molecule has 0 radical (unpaired) electrons. The maximum Gasteiger partial charge on any atom is 0.326 e. The lowest BCUT2D eigenvalue weighted by atomic mass is 9.77. The molecule has 2 heterocycles. The van der Waals surface area contributed by atoms with Crippen LogP contribution in [-0.2, 0) is 19.1 Å². The van der Waals surface area contributed by atoms with Gasteiger partial charge in [-0.3, -0.25) is 24.6 Å². The second-order valence-corrected chi connectivity index (χ2v) is 6.67. The SMILES string of the molecule is CCCC1(C(=O)OC)NC(c2ccc(O)cc2)C2C(=O)N(C)C(=O)C21. The Morgan fingerprint density at radius 3 is 2.48 bits per heavy atom. The number of phenols is 1. The maximum atomic E-state index is 12.8. The van der Waals surface area contributed by atoms with E-state index in [2.05, 4.69) is 5.32 Å². The van der Waals surface area contributed by atoms with E-state index < -0.39 is 29.4 Å². The number of rotatable bonds is 4. The number of ether oxygens (including phenoxy) is 1. The smallest absolute Gasteiger partial charge is 0.326 e. The van der Waals surface area contributed by atoms with E-state index in [4.69, 9.17) is 4.74 Å². The van der Waals surface area contributed by atoms with Crippen molar-refractivity contribution in [2.75, 3.05) is 14.2 Å². The topological polar surface area (TPSA) is 95.9 Å². The van der Waals surface area contributed by atoms with E-state index in [1.54, 1.807) is 12.1 Å². The maximum absolute atomic E-state index is 12.8. The Kier molecular flexibility index (Phi) is 4.28. The van der Waals surface area contributed by atoms with Crippen molar-refractivity contribution in [1.82, 2.24) is 10.2 Å². The molecule has 1 aromatic rings. The van der Waals surface area contributed by atoms with Crippen LogP contribution in [0.15, 0.2) is 24.3 Å². The zero-order chi connectivity index (χ0) is 18.4. The molecule has 2 saturated heterocycles. The highest BCUT2D eigenvalue weighted by atomic mass is 16.5. The van der Waals surface area contributed by atoms with Crippen LogP contribution in [0.1, 0.15) is 31.4 Å². The van der Waals surface area contributed by atoms with Crippen molar-refractivity contribution in [2.24, 2.45) is 11.8 Å². The Bertz CT molecular complexity index is 717. The first-order valence-corrected chi connectivity index (χ1v) is 8.33. The minimum atomic E-state index is -1.23. The number of amides is 2. The van der Waals surface area contributed by atoms with Crippen molar-refractivity contribution in [3.63, 3.8) is 0 Å². The van der Waals surface area contributed by atoms with Crippen LogP contribution in [-0.4, -0.2) is 47.5 Å². The average molecular weight is 346 g/mol. The molecule has 2 N–H and O–H groups in total. The van der Waals surface area contributed by atoms with Crippen LogP contribution in [0.25, 0.3) is 0 Å². The summed E-state index contributed by atoms with van der Waals surface area (Å²) in [6, 6.07) is 5.93. The molecule has 7 nitrogen and oxygen atoms in total. The van der Waals surface area contributed by atoms with Crippen molar-refractivity contribution in [3.05, 3.63) is 29.8 Å². The molecule has 7 heteroatoms. The van der Waals surface area contributed by atoms with Gasteiger partial charge >= 0.3 is 5.97 Å². The highest BCUT2D eigenvalue weighted by Crippen LogP contribution is 2.50. The zero-order valence-electron chi connectivity index (χ0n) is 14.5. The normalized spacial score (nSPS) is 31.3. The Morgan fingerprint density at radius 2 is 1.92 bits per heavy atom. The number of nitrogens with one attached hydrogen (secondary N) is 1. The molecule has 25 heavy (non-hydrogen) atoms. The molecule has 4 unspecified atom stereocenters. The summed E-state index contributed by atoms with van der Waals surface area (Å²) < 4.78 is 5.00. The van der Waals surface area contributed by atoms with Crippen LogP contribution >= 0.6 is 0 Å². The number of likely N-dealkylation sites (tertiary alicyclic amines) is 1. The first-order chi connectivity index (χ1) is 11.9. The molecular weight excluding hydrogens is 324 g/mol. The van der Waals surface area contributed by atoms with Gasteiger partial charge in [0, 0.05) is 13.1 Å². The Labute approximate surface area is 146 Å². The van der Waals surface area contributed by atoms with Crippen LogP contribution in [0.3, 0.4) is 0 Å². The zero-order valence-corrected chi connectivity index (χ0v) is 14.5. The molecule has 0 aromatic heterocycles. The highest BCUT2D eigenvalue weighted by Gasteiger charge is 2.67. The molecular formula is C18H22N2O5.